The maximum atomic E-state index is 14.6. The SMILES string of the molecule is CCCCCCCCCCCCCCCC(=O)N[C@@H](CCCCN)C(=O)N[C@@H](CCCCN)C(=O)N[C@@H](CC(C)C)C(=O)N[C@@H](CCCNC(=N)N)C(=O)N[C@@H](CO)C(=O)N[C@@H](CCSC)C(=O)N[C@H](C(=O)N[C@@H](CC(=O)O)C(=O)N[C@@H](CCCCN)C(=O)N[C@@H](Cc1ccc(O)cc1)C(=O)N[C@@H](CCCNC(=N)N)C(N)=O)[C@@H](C)O. The predicted octanol–water partition coefficient (Wildman–Crippen LogP) is -1.21. The summed E-state index contributed by atoms with van der Waals surface area (Å²) in [5.41, 5.74) is 34.3. The molecule has 0 aliphatic rings. The molecule has 0 aromatic heterocycles. The molecule has 660 valence electrons. The number of unbranched alkanes of at least 4 members (excludes halogenated alkanes) is 15. The van der Waals surface area contributed by atoms with E-state index in [0.717, 1.165) is 32.6 Å². The lowest BCUT2D eigenvalue weighted by atomic mass is 10.0. The molecule has 0 aliphatic carbocycles. The lowest BCUT2D eigenvalue weighted by Gasteiger charge is -2.29. The fourth-order valence-electron chi connectivity index (χ4n) is 12.4. The van der Waals surface area contributed by atoms with E-state index in [2.05, 4.69) is 76.0 Å². The number of carboxylic acid groups (broad SMARTS) is 1. The van der Waals surface area contributed by atoms with E-state index in [9.17, 15) is 82.8 Å². The van der Waals surface area contributed by atoms with Crippen LogP contribution in [-0.4, -0.2) is 233 Å². The molecule has 0 aliphatic heterocycles. The summed E-state index contributed by atoms with van der Waals surface area (Å²) in [7, 11) is 0. The second kappa shape index (κ2) is 62.1. The van der Waals surface area contributed by atoms with Gasteiger partial charge in [-0.15, -0.1) is 0 Å². The Morgan fingerprint density at radius 2 is 0.776 bits per heavy atom. The maximum Gasteiger partial charge on any atom is 0.305 e. The Hall–Kier alpha value is -9.18. The highest BCUT2D eigenvalue weighted by Crippen LogP contribution is 2.18. The largest absolute Gasteiger partial charge is 0.508 e. The van der Waals surface area contributed by atoms with Crippen LogP contribution in [0.5, 0.6) is 5.75 Å². The first kappa shape index (κ1) is 105. The number of carbonyl (C=O) groups is 13. The molecule has 0 bridgehead atoms. The number of phenolic OH excluding ortho intramolecular Hbond substituents is 1. The monoisotopic (exact) mass is 1660 g/mol. The Morgan fingerprint density at radius 1 is 0.422 bits per heavy atom. The highest BCUT2D eigenvalue weighted by molar-refractivity contribution is 7.98. The number of rotatable bonds is 67. The number of nitrogens with one attached hydrogen (secondary N) is 15. The third-order valence-electron chi connectivity index (χ3n) is 19.0. The van der Waals surface area contributed by atoms with E-state index in [1.165, 1.54) is 87.4 Å². The van der Waals surface area contributed by atoms with Crippen LogP contribution >= 0.6 is 11.8 Å². The lowest BCUT2D eigenvalue weighted by Crippen LogP contribution is -2.62. The summed E-state index contributed by atoms with van der Waals surface area (Å²) in [5.74, 6) is -13.9. The van der Waals surface area contributed by atoms with E-state index in [1.54, 1.807) is 20.1 Å². The van der Waals surface area contributed by atoms with Crippen LogP contribution in [-0.2, 0) is 68.7 Å². The Bertz CT molecular complexity index is 3160. The quantitative estimate of drug-likeness (QED) is 0.0207. The van der Waals surface area contributed by atoms with Gasteiger partial charge in [0.1, 0.15) is 72.2 Å². The summed E-state index contributed by atoms with van der Waals surface area (Å²) in [4.78, 5) is 181. The summed E-state index contributed by atoms with van der Waals surface area (Å²) in [5, 5.41) is 89.9. The molecule has 0 saturated carbocycles. The van der Waals surface area contributed by atoms with Gasteiger partial charge in [0.05, 0.1) is 19.1 Å². The molecule has 39 heteroatoms. The number of hydrogen-bond donors (Lipinski definition) is 25. The van der Waals surface area contributed by atoms with Gasteiger partial charge in [-0.3, -0.25) is 73.1 Å². The average Bonchev–Trinajstić information content (AvgIpc) is 0.853. The number of hydrogen-bond acceptors (Lipinski definition) is 22. The number of phenols is 1. The minimum absolute atomic E-state index is 0.0109. The van der Waals surface area contributed by atoms with Crippen LogP contribution in [0.3, 0.4) is 0 Å². The van der Waals surface area contributed by atoms with Gasteiger partial charge in [-0.1, -0.05) is 110 Å². The topological polar surface area (TPSA) is 663 Å². The van der Waals surface area contributed by atoms with Crippen molar-refractivity contribution in [1.29, 1.82) is 10.8 Å². The normalized spacial score (nSPS) is 14.3. The van der Waals surface area contributed by atoms with Gasteiger partial charge in [0.25, 0.3) is 0 Å². The van der Waals surface area contributed by atoms with E-state index in [0.29, 0.717) is 50.6 Å². The number of amides is 12. The maximum absolute atomic E-state index is 14.6. The number of benzene rings is 1. The van der Waals surface area contributed by atoms with Crippen molar-refractivity contribution in [1.82, 2.24) is 69.1 Å². The van der Waals surface area contributed by atoms with E-state index >= 15 is 0 Å². The van der Waals surface area contributed by atoms with Crippen LogP contribution in [0.1, 0.15) is 226 Å². The molecule has 12 amide bonds. The smallest absolute Gasteiger partial charge is 0.305 e. The fraction of sp³-hybridized carbons (Fsp3) is 0.727. The van der Waals surface area contributed by atoms with Gasteiger partial charge >= 0.3 is 5.97 Å². The molecule has 0 saturated heterocycles. The zero-order valence-electron chi connectivity index (χ0n) is 68.7. The van der Waals surface area contributed by atoms with E-state index < -0.39 is 162 Å². The minimum atomic E-state index is -2.03. The number of nitrogens with two attached hydrogens (primary N) is 6. The van der Waals surface area contributed by atoms with Crippen molar-refractivity contribution in [3.8, 4) is 5.75 Å². The molecule has 0 spiro atoms. The number of primary amides is 1. The van der Waals surface area contributed by atoms with Crippen molar-refractivity contribution < 1.29 is 82.8 Å². The molecule has 38 nitrogen and oxygen atoms in total. The summed E-state index contributed by atoms with van der Waals surface area (Å²) in [6.07, 6.45) is 15.9. The highest BCUT2D eigenvalue weighted by atomic mass is 32.2. The number of guanidine groups is 2. The van der Waals surface area contributed by atoms with Gasteiger partial charge in [-0.05, 0) is 165 Å². The predicted molar refractivity (Wildman–Crippen MR) is 443 cm³/mol. The molecule has 0 radical (unpaired) electrons. The van der Waals surface area contributed by atoms with Gasteiger partial charge in [-0.2, -0.15) is 11.8 Å². The van der Waals surface area contributed by atoms with Gasteiger partial charge < -0.3 is 124 Å². The van der Waals surface area contributed by atoms with Crippen LogP contribution in [0.25, 0.3) is 0 Å². The molecule has 1 rings (SSSR count). The van der Waals surface area contributed by atoms with Crippen LogP contribution in [0.4, 0.5) is 0 Å². The van der Waals surface area contributed by atoms with Crippen molar-refractivity contribution in [2.75, 3.05) is 51.3 Å². The molecule has 0 fully saturated rings. The first-order chi connectivity index (χ1) is 55.2. The lowest BCUT2D eigenvalue weighted by molar-refractivity contribution is -0.142. The van der Waals surface area contributed by atoms with Gasteiger partial charge in [0, 0.05) is 25.9 Å². The molecule has 1 aromatic rings. The number of carboxylic acids is 1. The number of thioether (sulfide) groups is 1. The fourth-order valence-corrected chi connectivity index (χ4v) is 12.9. The second-order valence-electron chi connectivity index (χ2n) is 29.7. The molecular formula is C77H139N21O17S. The number of aliphatic hydroxyl groups excluding tert-OH is 2. The van der Waals surface area contributed by atoms with Crippen molar-refractivity contribution in [3.05, 3.63) is 29.8 Å². The Balaban J connectivity index is 3.53. The van der Waals surface area contributed by atoms with Gasteiger partial charge in [0.15, 0.2) is 11.9 Å². The van der Waals surface area contributed by atoms with Crippen molar-refractivity contribution >= 4 is 101 Å². The molecule has 1 aromatic carbocycles. The van der Waals surface area contributed by atoms with Crippen LogP contribution in [0.15, 0.2) is 24.3 Å². The van der Waals surface area contributed by atoms with E-state index in [-0.39, 0.29) is 133 Å². The first-order valence-corrected chi connectivity index (χ1v) is 42.3. The van der Waals surface area contributed by atoms with Gasteiger partial charge in [-0.25, -0.2) is 0 Å². The molecule has 0 unspecified atom stereocenters. The summed E-state index contributed by atoms with van der Waals surface area (Å²) in [6, 6.07) is -11.3. The summed E-state index contributed by atoms with van der Waals surface area (Å²) < 4.78 is 0. The van der Waals surface area contributed by atoms with Crippen molar-refractivity contribution in [3.63, 3.8) is 0 Å². The summed E-state index contributed by atoms with van der Waals surface area (Å²) in [6.45, 7) is 6.66. The zero-order chi connectivity index (χ0) is 86.9. The van der Waals surface area contributed by atoms with Crippen molar-refractivity contribution in [2.45, 2.75) is 299 Å². The first-order valence-electron chi connectivity index (χ1n) is 40.9. The number of carbonyl (C=O) groups excluding carboxylic acids is 12. The highest BCUT2D eigenvalue weighted by Gasteiger charge is 2.38. The Kier molecular flexibility index (Phi) is 56.1. The molecular weight excluding hydrogens is 1520 g/mol. The molecule has 116 heavy (non-hydrogen) atoms. The molecule has 12 atom stereocenters. The minimum Gasteiger partial charge on any atom is -0.508 e. The second-order valence-corrected chi connectivity index (χ2v) is 30.7. The van der Waals surface area contributed by atoms with Crippen LogP contribution in [0, 0.1) is 16.7 Å². The van der Waals surface area contributed by atoms with E-state index in [4.69, 9.17) is 45.2 Å². The van der Waals surface area contributed by atoms with Crippen molar-refractivity contribution in [2.24, 2.45) is 40.3 Å². The molecule has 31 N–H and O–H groups in total. The van der Waals surface area contributed by atoms with Crippen LogP contribution < -0.4 is 104 Å². The Labute approximate surface area is 686 Å². The number of aliphatic hydroxyl groups is 2. The third-order valence-corrected chi connectivity index (χ3v) is 19.7. The van der Waals surface area contributed by atoms with E-state index in [1.807, 2.05) is 0 Å². The Morgan fingerprint density at radius 3 is 1.19 bits per heavy atom. The number of aliphatic carboxylic acids is 1. The summed E-state index contributed by atoms with van der Waals surface area (Å²) >= 11 is 1.22. The zero-order valence-corrected chi connectivity index (χ0v) is 69.5. The van der Waals surface area contributed by atoms with Crippen LogP contribution in [0.2, 0.25) is 0 Å². The number of aromatic hydroxyl groups is 1. The average molecular weight is 1660 g/mol. The molecule has 0 heterocycles. The third kappa shape index (κ3) is 47.1. The standard InChI is InChI=1S/C77H139N21O17S/c1-6-7-8-9-10-11-12-13-14-15-16-17-18-32-62(102)88-53(27-19-22-38-78)66(106)90-54(28-20-23-39-79)67(107)94-58(44-48(2)3)71(111)92-56(31-26-42-87-77(84)85)69(109)97-61(47-99)74(114)93-57(37-43-116-5)70(110)98-64(49(4)100)75(115)96-60(46-63(103)104)73(113)91-55(29-21-24-40-80)68(108)95-59(45-50-33-35-51(101)36-34-50)72(112)89-52(65(81)105)30-25-41-86-76(82)83/h33-36,48-49,52-61,64,99-101H,6-32,37-47,78-80H2,1-5H3,(H2,81,105)(H,88,102)(H,89,112)(H,90,106)(H,91,113)(H,92,111)(H,93,114)(H,94,107)(H,95,108)(H,96,115)(H,97,109)(H,98,110)(H,103,104)(H4,82,83,86)(H4,84,85,87)/t49-,52+,53+,54+,55+,56+,57+,58+,59+,60+,61+,64+/m1/s1. The van der Waals surface area contributed by atoms with Gasteiger partial charge in [0.2, 0.25) is 70.9 Å².